The SMILES string of the molecule is C.Cc1ccc(CN)cc1.Cc1ccc(CNc2ccc([N+](=O)[O-])c(N)c2F)cc1.I[I-]I.Nc1c([N+](=O)[O-])ccc(F)c1F. The van der Waals surface area contributed by atoms with Crippen LogP contribution in [0.2, 0.25) is 0 Å². The number of anilines is 3. The smallest absolute Gasteiger partial charge is 0.295 e. The van der Waals surface area contributed by atoms with Crippen molar-refractivity contribution in [1.82, 2.24) is 0 Å². The van der Waals surface area contributed by atoms with E-state index in [1.54, 1.807) is 0 Å². The Balaban J connectivity index is 0.000000661. The van der Waals surface area contributed by atoms with Gasteiger partial charge in [0.25, 0.3) is 11.4 Å². The van der Waals surface area contributed by atoms with Gasteiger partial charge in [-0.05, 0) is 37.1 Å². The molecule has 0 atom stereocenters. The van der Waals surface area contributed by atoms with Crippen molar-refractivity contribution in [3.05, 3.63) is 133 Å². The first-order valence-electron chi connectivity index (χ1n) is 12.3. The van der Waals surface area contributed by atoms with Gasteiger partial charge in [0.15, 0.2) is 17.5 Å². The molecule has 0 saturated heterocycles. The van der Waals surface area contributed by atoms with E-state index >= 15 is 0 Å². The minimum absolute atomic E-state index is 0. The Morgan fingerprint density at radius 2 is 1.13 bits per heavy atom. The van der Waals surface area contributed by atoms with Crippen LogP contribution in [0, 0.1) is 51.5 Å². The Labute approximate surface area is 289 Å². The van der Waals surface area contributed by atoms with E-state index in [4.69, 9.17) is 17.2 Å². The summed E-state index contributed by atoms with van der Waals surface area (Å²) < 4.78 is 38.8. The zero-order chi connectivity index (χ0) is 33.4. The predicted molar refractivity (Wildman–Crippen MR) is 187 cm³/mol. The third-order valence-electron chi connectivity index (χ3n) is 5.62. The maximum absolute atomic E-state index is 13.9. The van der Waals surface area contributed by atoms with E-state index in [1.165, 1.54) is 23.3 Å². The van der Waals surface area contributed by atoms with E-state index in [0.29, 0.717) is 32.4 Å². The molecule has 0 aliphatic rings. The molecule has 45 heavy (non-hydrogen) atoms. The van der Waals surface area contributed by atoms with Gasteiger partial charge in [-0.3, -0.25) is 20.2 Å². The topological polar surface area (TPSA) is 176 Å². The first kappa shape index (κ1) is 42.0. The number of nitro benzene ring substituents is 2. The summed E-state index contributed by atoms with van der Waals surface area (Å²) in [4.78, 5) is 19.2. The molecule has 0 spiro atoms. The van der Waals surface area contributed by atoms with Gasteiger partial charge >= 0.3 is 50.5 Å². The van der Waals surface area contributed by atoms with Gasteiger partial charge in [-0.2, -0.15) is 0 Å². The summed E-state index contributed by atoms with van der Waals surface area (Å²) in [6, 6.07) is 20.0. The number of nitro groups is 2. The van der Waals surface area contributed by atoms with Gasteiger partial charge in [0, 0.05) is 25.2 Å². The Bertz CT molecular complexity index is 1530. The molecule has 4 aromatic rings. The fraction of sp³-hybridized carbons (Fsp3) is 0.172. The normalized spacial score (nSPS) is 9.60. The number of nitrogens with zero attached hydrogens (tertiary/aromatic N) is 2. The van der Waals surface area contributed by atoms with Crippen LogP contribution < -0.4 is 35.8 Å². The summed E-state index contributed by atoms with van der Waals surface area (Å²) in [7, 11) is 0. The monoisotopic (exact) mass is 967 g/mol. The number of hydrogen-bond donors (Lipinski definition) is 4. The number of halogens is 6. The third kappa shape index (κ3) is 14.3. The van der Waals surface area contributed by atoms with E-state index < -0.39 is 50.0 Å². The molecular weight excluding hydrogens is 934 g/mol. The van der Waals surface area contributed by atoms with Gasteiger partial charge in [-0.25, -0.2) is 13.2 Å². The van der Waals surface area contributed by atoms with E-state index in [2.05, 4.69) is 73.7 Å². The van der Waals surface area contributed by atoms with Gasteiger partial charge in [-0.15, -0.1) is 0 Å². The number of nitrogens with one attached hydrogen (secondary N) is 1. The third-order valence-corrected chi connectivity index (χ3v) is 5.62. The number of benzene rings is 4. The quantitative estimate of drug-likeness (QED) is 0.0842. The van der Waals surface area contributed by atoms with Gasteiger partial charge in [0.1, 0.15) is 11.4 Å². The van der Waals surface area contributed by atoms with Crippen LogP contribution in [0.5, 0.6) is 0 Å². The summed E-state index contributed by atoms with van der Waals surface area (Å²) in [6.07, 6.45) is 0. The predicted octanol–water partition coefficient (Wildman–Crippen LogP) is 5.56. The van der Waals surface area contributed by atoms with E-state index in [1.807, 2.05) is 31.2 Å². The molecule has 0 bridgehead atoms. The second kappa shape index (κ2) is 21.7. The van der Waals surface area contributed by atoms with Crippen LogP contribution in [0.4, 0.5) is 41.6 Å². The van der Waals surface area contributed by atoms with Crippen LogP contribution >= 0.6 is 37.2 Å². The van der Waals surface area contributed by atoms with E-state index in [-0.39, 0.29) is 13.1 Å². The number of hydrogen-bond acceptors (Lipinski definition) is 8. The first-order valence-corrected chi connectivity index (χ1v) is 24.9. The summed E-state index contributed by atoms with van der Waals surface area (Å²) >= 11 is 5.30. The van der Waals surface area contributed by atoms with E-state index in [9.17, 15) is 33.4 Å². The fourth-order valence-electron chi connectivity index (χ4n) is 3.22. The minimum Gasteiger partial charge on any atom is -0.391 e. The van der Waals surface area contributed by atoms with Gasteiger partial charge in [0.2, 0.25) is 0 Å². The Kier molecular flexibility index (Phi) is 20.3. The maximum Gasteiger partial charge on any atom is 0.295 e. The van der Waals surface area contributed by atoms with Crippen molar-refractivity contribution in [2.24, 2.45) is 5.73 Å². The molecule has 0 aromatic heterocycles. The first-order chi connectivity index (χ1) is 20.8. The van der Waals surface area contributed by atoms with Gasteiger partial charge < -0.3 is 22.5 Å². The Morgan fingerprint density at radius 3 is 1.56 bits per heavy atom. The van der Waals surface area contributed by atoms with Crippen molar-refractivity contribution in [1.29, 1.82) is 0 Å². The van der Waals surface area contributed by atoms with Gasteiger partial charge in [-0.1, -0.05) is 67.1 Å². The summed E-state index contributed by atoms with van der Waals surface area (Å²) in [5.74, 6) is -3.38. The molecule has 4 aromatic carbocycles. The molecule has 7 N–H and O–H groups in total. The molecule has 0 fully saturated rings. The molecule has 0 radical (unpaired) electrons. The van der Waals surface area contributed by atoms with Crippen LogP contribution in [0.1, 0.15) is 29.7 Å². The standard InChI is InChI=1S/C14H14FN3O2.C8H11N.C6H4F2N2O2.CH4.I3/c1-9-2-4-10(5-3-9)8-17-11-6-7-12(18(19)20)14(16)13(11)15;1-7-2-4-8(6-9)5-3-7;7-3-1-2-4(10(11)12)6(9)5(3)8;;1-3-2/h2-7,17H,8,16H2,1H3;2-5H,6,9H2,1H3;1-2H,9H2;1H4;/q;;;;-1. The number of aryl methyl sites for hydroxylation is 2. The fourth-order valence-corrected chi connectivity index (χ4v) is 3.22. The number of nitrogen functional groups attached to an aromatic ring is 2. The molecule has 0 aliphatic heterocycles. The molecule has 0 heterocycles. The molecule has 0 unspecified atom stereocenters. The van der Waals surface area contributed by atoms with Crippen LogP contribution in [0.15, 0.2) is 72.8 Å². The van der Waals surface area contributed by atoms with Crippen LogP contribution in [0.25, 0.3) is 0 Å². The minimum atomic E-state index is -1.38. The van der Waals surface area contributed by atoms with Crippen LogP contribution in [-0.4, -0.2) is 9.85 Å². The molecule has 246 valence electrons. The van der Waals surface area contributed by atoms with Crippen molar-refractivity contribution in [2.45, 2.75) is 34.4 Å². The number of rotatable bonds is 6. The largest absolute Gasteiger partial charge is 0.391 e. The average Bonchev–Trinajstić information content (AvgIpc) is 2.99. The zero-order valence-electron chi connectivity index (χ0n) is 23.4. The second-order valence-corrected chi connectivity index (χ2v) is 25.0. The molecule has 0 saturated carbocycles. The Hall–Kier alpha value is -2.98. The zero-order valence-corrected chi connectivity index (χ0v) is 29.8. The van der Waals surface area contributed by atoms with Crippen molar-refractivity contribution in [3.8, 4) is 0 Å². The van der Waals surface area contributed by atoms with E-state index in [0.717, 1.165) is 17.2 Å². The molecule has 0 aliphatic carbocycles. The molecule has 4 rings (SSSR count). The Morgan fingerprint density at radius 1 is 0.733 bits per heavy atom. The molecule has 16 heteroatoms. The second-order valence-electron chi connectivity index (χ2n) is 8.75. The molecule has 10 nitrogen and oxygen atoms in total. The summed E-state index contributed by atoms with van der Waals surface area (Å²) in [5.41, 5.74) is 18.2. The van der Waals surface area contributed by atoms with Gasteiger partial charge in [0.05, 0.1) is 15.5 Å². The van der Waals surface area contributed by atoms with Crippen molar-refractivity contribution in [2.75, 3.05) is 16.8 Å². The molecule has 0 amide bonds. The molecular formula is C29H33F3I3N6O4-. The summed E-state index contributed by atoms with van der Waals surface area (Å²) in [6.45, 7) is 5.10. The average molecular weight is 967 g/mol. The summed E-state index contributed by atoms with van der Waals surface area (Å²) in [5, 5.41) is 23.6. The van der Waals surface area contributed by atoms with Crippen molar-refractivity contribution >= 4 is 65.7 Å². The van der Waals surface area contributed by atoms with Crippen LogP contribution in [-0.2, 0) is 13.1 Å². The van der Waals surface area contributed by atoms with Crippen LogP contribution in [0.3, 0.4) is 0 Å². The van der Waals surface area contributed by atoms with Crippen molar-refractivity contribution in [3.63, 3.8) is 0 Å². The van der Waals surface area contributed by atoms with Crippen molar-refractivity contribution < 1.29 is 36.3 Å². The maximum atomic E-state index is 13.9. The number of nitrogens with two attached hydrogens (primary N) is 3.